The summed E-state index contributed by atoms with van der Waals surface area (Å²) < 4.78 is 29.2. The van der Waals surface area contributed by atoms with Gasteiger partial charge in [0.2, 0.25) is 11.8 Å². The second kappa shape index (κ2) is 8.80. The predicted octanol–water partition coefficient (Wildman–Crippen LogP) is 2.96. The Morgan fingerprint density at radius 3 is 2.76 bits per heavy atom. The van der Waals surface area contributed by atoms with Crippen molar-refractivity contribution in [3.05, 3.63) is 24.3 Å². The van der Waals surface area contributed by atoms with E-state index < -0.39 is 17.8 Å². The van der Waals surface area contributed by atoms with Gasteiger partial charge in [0.15, 0.2) is 5.17 Å². The van der Waals surface area contributed by atoms with Gasteiger partial charge in [0, 0.05) is 19.5 Å². The first-order valence-electron chi connectivity index (χ1n) is 7.82. The topological polar surface area (TPSA) is 71.0 Å². The van der Waals surface area contributed by atoms with Crippen LogP contribution < -0.4 is 10.1 Å². The number of halogens is 2. The van der Waals surface area contributed by atoms with Crippen LogP contribution >= 0.6 is 11.8 Å². The lowest BCUT2D eigenvalue weighted by Gasteiger charge is -2.14. The molecular formula is C16H19F2N3O3S. The quantitative estimate of drug-likeness (QED) is 0.800. The average molecular weight is 371 g/mol. The number of thioether (sulfide) groups is 1. The van der Waals surface area contributed by atoms with E-state index in [-0.39, 0.29) is 23.8 Å². The Morgan fingerprint density at radius 2 is 2.12 bits per heavy atom. The SMILES string of the molecule is CCN=C1S[C@H](CC(=O)Nc2ccccc2OC(F)F)C(=O)N1CC. The summed E-state index contributed by atoms with van der Waals surface area (Å²) in [6.45, 7) is 1.74. The van der Waals surface area contributed by atoms with E-state index in [1.165, 1.54) is 30.0 Å². The fourth-order valence-electron chi connectivity index (χ4n) is 2.33. The molecule has 1 saturated heterocycles. The first-order valence-corrected chi connectivity index (χ1v) is 8.70. The molecule has 1 fully saturated rings. The van der Waals surface area contributed by atoms with Crippen molar-refractivity contribution in [1.29, 1.82) is 0 Å². The Bertz CT molecular complexity index is 670. The van der Waals surface area contributed by atoms with Crippen LogP contribution in [-0.4, -0.2) is 46.8 Å². The van der Waals surface area contributed by atoms with Crippen LogP contribution in [0.1, 0.15) is 20.3 Å². The molecular weight excluding hydrogens is 352 g/mol. The number of nitrogens with one attached hydrogen (secondary N) is 1. The number of para-hydroxylation sites is 2. The minimum atomic E-state index is -2.99. The normalized spacial score (nSPS) is 18.9. The molecule has 1 aromatic carbocycles. The highest BCUT2D eigenvalue weighted by Gasteiger charge is 2.38. The monoisotopic (exact) mass is 371 g/mol. The zero-order valence-corrected chi connectivity index (χ0v) is 14.7. The summed E-state index contributed by atoms with van der Waals surface area (Å²) in [6.07, 6.45) is -0.0776. The second-order valence-electron chi connectivity index (χ2n) is 5.07. The molecule has 0 bridgehead atoms. The number of carbonyl (C=O) groups excluding carboxylic acids is 2. The molecule has 0 spiro atoms. The van der Waals surface area contributed by atoms with Crippen molar-refractivity contribution in [2.45, 2.75) is 32.1 Å². The number of hydrogen-bond acceptors (Lipinski definition) is 5. The van der Waals surface area contributed by atoms with Crippen LogP contribution in [-0.2, 0) is 9.59 Å². The number of carbonyl (C=O) groups is 2. The van der Waals surface area contributed by atoms with E-state index in [0.29, 0.717) is 18.3 Å². The lowest BCUT2D eigenvalue weighted by atomic mass is 10.2. The lowest BCUT2D eigenvalue weighted by Crippen LogP contribution is -2.33. The van der Waals surface area contributed by atoms with Gasteiger partial charge < -0.3 is 10.1 Å². The largest absolute Gasteiger partial charge is 0.433 e. The lowest BCUT2D eigenvalue weighted by molar-refractivity contribution is -0.128. The van der Waals surface area contributed by atoms with Crippen LogP contribution in [0.25, 0.3) is 0 Å². The molecule has 9 heteroatoms. The molecule has 1 aromatic rings. The molecule has 136 valence electrons. The number of anilines is 1. The highest BCUT2D eigenvalue weighted by atomic mass is 32.2. The second-order valence-corrected chi connectivity index (χ2v) is 6.24. The standard InChI is InChI=1S/C16H19F2N3O3S/c1-3-19-16-21(4-2)14(23)12(25-16)9-13(22)20-10-7-5-6-8-11(10)24-15(17)18/h5-8,12,15H,3-4,9H2,1-2H3,(H,20,22)/t12-/m1/s1. The molecule has 1 heterocycles. The Morgan fingerprint density at radius 1 is 1.40 bits per heavy atom. The average Bonchev–Trinajstić information content (AvgIpc) is 2.84. The zero-order valence-electron chi connectivity index (χ0n) is 13.9. The van der Waals surface area contributed by atoms with Gasteiger partial charge in [-0.15, -0.1) is 0 Å². The van der Waals surface area contributed by atoms with E-state index in [2.05, 4.69) is 15.0 Å². The molecule has 0 aliphatic carbocycles. The van der Waals surface area contributed by atoms with Gasteiger partial charge in [0.25, 0.3) is 0 Å². The van der Waals surface area contributed by atoms with Crippen LogP contribution in [0, 0.1) is 0 Å². The number of amidine groups is 1. The number of ether oxygens (including phenoxy) is 1. The molecule has 0 aromatic heterocycles. The Kier molecular flexibility index (Phi) is 6.74. The Labute approximate surface area is 148 Å². The predicted molar refractivity (Wildman–Crippen MR) is 93.1 cm³/mol. The first-order chi connectivity index (χ1) is 12.0. The smallest absolute Gasteiger partial charge is 0.387 e. The molecule has 2 amide bonds. The van der Waals surface area contributed by atoms with Gasteiger partial charge in [-0.3, -0.25) is 19.5 Å². The molecule has 0 saturated carbocycles. The minimum absolute atomic E-state index is 0.0776. The highest BCUT2D eigenvalue weighted by Crippen LogP contribution is 2.31. The Hall–Kier alpha value is -2.16. The summed E-state index contributed by atoms with van der Waals surface area (Å²) in [6, 6.07) is 5.91. The third-order valence-electron chi connectivity index (χ3n) is 3.38. The molecule has 1 N–H and O–H groups in total. The van der Waals surface area contributed by atoms with Crippen molar-refractivity contribution in [1.82, 2.24) is 4.90 Å². The van der Waals surface area contributed by atoms with E-state index in [1.54, 1.807) is 11.0 Å². The number of aliphatic imine (C=N–C) groups is 1. The van der Waals surface area contributed by atoms with Crippen LogP contribution in [0.15, 0.2) is 29.3 Å². The van der Waals surface area contributed by atoms with Gasteiger partial charge >= 0.3 is 6.61 Å². The van der Waals surface area contributed by atoms with Crippen molar-refractivity contribution in [3.8, 4) is 5.75 Å². The molecule has 1 atom stereocenters. The highest BCUT2D eigenvalue weighted by molar-refractivity contribution is 8.15. The molecule has 1 aliphatic heterocycles. The van der Waals surface area contributed by atoms with Crippen molar-refractivity contribution < 1.29 is 23.1 Å². The number of benzene rings is 1. The fourth-order valence-corrected chi connectivity index (χ4v) is 3.59. The van der Waals surface area contributed by atoms with Crippen molar-refractivity contribution in [3.63, 3.8) is 0 Å². The summed E-state index contributed by atoms with van der Waals surface area (Å²) in [7, 11) is 0. The number of amides is 2. The summed E-state index contributed by atoms with van der Waals surface area (Å²) in [5.41, 5.74) is 0.137. The number of rotatable bonds is 7. The van der Waals surface area contributed by atoms with Crippen molar-refractivity contribution in [2.24, 2.45) is 4.99 Å². The van der Waals surface area contributed by atoms with E-state index >= 15 is 0 Å². The maximum Gasteiger partial charge on any atom is 0.387 e. The van der Waals surface area contributed by atoms with Crippen LogP contribution in [0.5, 0.6) is 5.75 Å². The number of alkyl halides is 2. The Balaban J connectivity index is 2.04. The van der Waals surface area contributed by atoms with Gasteiger partial charge in [-0.05, 0) is 26.0 Å². The van der Waals surface area contributed by atoms with Crippen molar-refractivity contribution in [2.75, 3.05) is 18.4 Å². The fraction of sp³-hybridized carbons (Fsp3) is 0.438. The first kappa shape index (κ1) is 19.2. The van der Waals surface area contributed by atoms with Crippen LogP contribution in [0.2, 0.25) is 0 Å². The van der Waals surface area contributed by atoms with Gasteiger partial charge in [0.05, 0.1) is 5.69 Å². The number of hydrogen-bond donors (Lipinski definition) is 1. The molecule has 1 aliphatic rings. The van der Waals surface area contributed by atoms with Gasteiger partial charge in [0.1, 0.15) is 11.0 Å². The van der Waals surface area contributed by atoms with E-state index in [1.807, 2.05) is 13.8 Å². The minimum Gasteiger partial charge on any atom is -0.433 e. The number of nitrogens with zero attached hydrogens (tertiary/aromatic N) is 2. The van der Waals surface area contributed by atoms with Crippen LogP contribution in [0.4, 0.5) is 14.5 Å². The zero-order chi connectivity index (χ0) is 18.4. The summed E-state index contributed by atoms with van der Waals surface area (Å²) in [5.74, 6) is -0.753. The molecule has 25 heavy (non-hydrogen) atoms. The molecule has 0 radical (unpaired) electrons. The van der Waals surface area contributed by atoms with Gasteiger partial charge in [-0.2, -0.15) is 8.78 Å². The van der Waals surface area contributed by atoms with E-state index in [0.717, 1.165) is 0 Å². The maximum absolute atomic E-state index is 12.4. The van der Waals surface area contributed by atoms with Gasteiger partial charge in [-0.25, -0.2) is 0 Å². The van der Waals surface area contributed by atoms with E-state index in [4.69, 9.17) is 0 Å². The third kappa shape index (κ3) is 4.91. The van der Waals surface area contributed by atoms with Crippen LogP contribution in [0.3, 0.4) is 0 Å². The van der Waals surface area contributed by atoms with E-state index in [9.17, 15) is 18.4 Å². The molecule has 2 rings (SSSR count). The summed E-state index contributed by atoms with van der Waals surface area (Å²) >= 11 is 1.24. The molecule has 0 unspecified atom stereocenters. The van der Waals surface area contributed by atoms with Gasteiger partial charge in [-0.1, -0.05) is 23.9 Å². The maximum atomic E-state index is 12.4. The summed E-state index contributed by atoms with van der Waals surface area (Å²) in [5, 5.41) is 2.55. The third-order valence-corrected chi connectivity index (χ3v) is 4.59. The summed E-state index contributed by atoms with van der Waals surface area (Å²) in [4.78, 5) is 30.4. The van der Waals surface area contributed by atoms with Crippen molar-refractivity contribution >= 4 is 34.4 Å². The molecule has 6 nitrogen and oxygen atoms in total.